The van der Waals surface area contributed by atoms with Crippen molar-refractivity contribution < 1.29 is 19.1 Å². The minimum absolute atomic E-state index is 0.0720. The Labute approximate surface area is 139 Å². The summed E-state index contributed by atoms with van der Waals surface area (Å²) in [5.74, 6) is -0.774. The van der Waals surface area contributed by atoms with Crippen LogP contribution in [0.3, 0.4) is 0 Å². The van der Waals surface area contributed by atoms with E-state index in [9.17, 15) is 9.59 Å². The van der Waals surface area contributed by atoms with Crippen LogP contribution in [0.4, 0.5) is 0 Å². The molecule has 1 aromatic heterocycles. The first-order chi connectivity index (χ1) is 11.5. The fraction of sp³-hybridized carbons (Fsp3) is 0.389. The van der Waals surface area contributed by atoms with E-state index < -0.39 is 17.4 Å². The van der Waals surface area contributed by atoms with Gasteiger partial charge in [0.05, 0.1) is 17.7 Å². The lowest BCUT2D eigenvalue weighted by Gasteiger charge is -2.28. The average molecular weight is 328 g/mol. The SMILES string of the molecule is Cc1nc(-c2ccccc2)oc1C(=O)NC1(CC(=O)O)CCCC1. The number of carbonyl (C=O) groups excluding carboxylic acids is 1. The lowest BCUT2D eigenvalue weighted by Crippen LogP contribution is -2.47. The molecule has 2 N–H and O–H groups in total. The van der Waals surface area contributed by atoms with Crippen LogP contribution in [-0.2, 0) is 4.79 Å². The third-order valence-corrected chi connectivity index (χ3v) is 4.45. The zero-order chi connectivity index (χ0) is 17.2. The first-order valence-electron chi connectivity index (χ1n) is 8.06. The van der Waals surface area contributed by atoms with Crippen LogP contribution in [0.2, 0.25) is 0 Å². The number of aliphatic carboxylic acids is 1. The summed E-state index contributed by atoms with van der Waals surface area (Å²) in [6.07, 6.45) is 3.10. The van der Waals surface area contributed by atoms with E-state index in [1.165, 1.54) is 0 Å². The van der Waals surface area contributed by atoms with E-state index >= 15 is 0 Å². The molecular weight excluding hydrogens is 308 g/mol. The molecule has 1 amide bonds. The van der Waals surface area contributed by atoms with Gasteiger partial charge in [-0.3, -0.25) is 9.59 Å². The van der Waals surface area contributed by atoms with Gasteiger partial charge < -0.3 is 14.8 Å². The molecule has 1 aromatic carbocycles. The van der Waals surface area contributed by atoms with Gasteiger partial charge in [-0.15, -0.1) is 0 Å². The third-order valence-electron chi connectivity index (χ3n) is 4.45. The van der Waals surface area contributed by atoms with Crippen LogP contribution in [0.1, 0.15) is 48.4 Å². The largest absolute Gasteiger partial charge is 0.481 e. The van der Waals surface area contributed by atoms with E-state index in [2.05, 4.69) is 10.3 Å². The predicted octanol–water partition coefficient (Wildman–Crippen LogP) is 3.17. The summed E-state index contributed by atoms with van der Waals surface area (Å²) in [7, 11) is 0. The summed E-state index contributed by atoms with van der Waals surface area (Å²) in [4.78, 5) is 28.1. The Balaban J connectivity index is 1.82. The van der Waals surface area contributed by atoms with Crippen molar-refractivity contribution in [2.24, 2.45) is 0 Å². The first-order valence-corrected chi connectivity index (χ1v) is 8.06. The predicted molar refractivity (Wildman–Crippen MR) is 87.6 cm³/mol. The van der Waals surface area contributed by atoms with Crippen molar-refractivity contribution in [2.45, 2.75) is 44.6 Å². The number of nitrogens with one attached hydrogen (secondary N) is 1. The fourth-order valence-corrected chi connectivity index (χ4v) is 3.30. The van der Waals surface area contributed by atoms with E-state index in [-0.39, 0.29) is 12.2 Å². The van der Waals surface area contributed by atoms with E-state index in [0.717, 1.165) is 18.4 Å². The molecule has 0 bridgehead atoms. The van der Waals surface area contributed by atoms with Crippen molar-refractivity contribution >= 4 is 11.9 Å². The van der Waals surface area contributed by atoms with E-state index in [4.69, 9.17) is 9.52 Å². The molecule has 1 aliphatic carbocycles. The van der Waals surface area contributed by atoms with E-state index in [1.807, 2.05) is 30.3 Å². The van der Waals surface area contributed by atoms with Crippen molar-refractivity contribution in [1.29, 1.82) is 0 Å². The highest BCUT2D eigenvalue weighted by Crippen LogP contribution is 2.33. The molecular formula is C18H20N2O4. The zero-order valence-electron chi connectivity index (χ0n) is 13.5. The Morgan fingerprint density at radius 2 is 1.92 bits per heavy atom. The molecule has 3 rings (SSSR count). The molecule has 2 aromatic rings. The molecule has 24 heavy (non-hydrogen) atoms. The topological polar surface area (TPSA) is 92.4 Å². The van der Waals surface area contributed by atoms with E-state index in [0.29, 0.717) is 24.4 Å². The highest BCUT2D eigenvalue weighted by Gasteiger charge is 2.38. The number of amides is 1. The van der Waals surface area contributed by atoms with Gasteiger partial charge in [-0.2, -0.15) is 0 Å². The number of aryl methyl sites for hydroxylation is 1. The van der Waals surface area contributed by atoms with Gasteiger partial charge in [-0.05, 0) is 31.9 Å². The second-order valence-electron chi connectivity index (χ2n) is 6.31. The molecule has 1 fully saturated rings. The van der Waals surface area contributed by atoms with Gasteiger partial charge in [-0.25, -0.2) is 4.98 Å². The molecule has 0 unspecified atom stereocenters. The summed E-state index contributed by atoms with van der Waals surface area (Å²) in [6.45, 7) is 1.71. The number of hydrogen-bond donors (Lipinski definition) is 2. The number of rotatable bonds is 5. The van der Waals surface area contributed by atoms with Gasteiger partial charge in [0.1, 0.15) is 0 Å². The molecule has 0 saturated heterocycles. The highest BCUT2D eigenvalue weighted by atomic mass is 16.4. The molecule has 126 valence electrons. The monoisotopic (exact) mass is 328 g/mol. The fourth-order valence-electron chi connectivity index (χ4n) is 3.30. The Bertz CT molecular complexity index is 746. The maximum Gasteiger partial charge on any atom is 0.305 e. The second kappa shape index (κ2) is 6.47. The van der Waals surface area contributed by atoms with Gasteiger partial charge in [0, 0.05) is 5.56 Å². The summed E-state index contributed by atoms with van der Waals surface area (Å²) in [5.41, 5.74) is 0.602. The molecule has 0 atom stereocenters. The van der Waals surface area contributed by atoms with E-state index in [1.54, 1.807) is 6.92 Å². The maximum absolute atomic E-state index is 12.6. The summed E-state index contributed by atoms with van der Waals surface area (Å²) < 4.78 is 5.65. The third kappa shape index (κ3) is 3.32. The maximum atomic E-state index is 12.6. The Morgan fingerprint density at radius 1 is 1.25 bits per heavy atom. The lowest BCUT2D eigenvalue weighted by atomic mass is 9.93. The van der Waals surface area contributed by atoms with Crippen molar-refractivity contribution in [2.75, 3.05) is 0 Å². The van der Waals surface area contributed by atoms with Gasteiger partial charge >= 0.3 is 5.97 Å². The van der Waals surface area contributed by atoms with Crippen LogP contribution < -0.4 is 5.32 Å². The van der Waals surface area contributed by atoms with Crippen LogP contribution in [0.5, 0.6) is 0 Å². The highest BCUT2D eigenvalue weighted by molar-refractivity contribution is 5.93. The normalized spacial score (nSPS) is 16.0. The molecule has 1 aliphatic rings. The van der Waals surface area contributed by atoms with Crippen molar-refractivity contribution in [3.05, 3.63) is 41.8 Å². The Hall–Kier alpha value is -2.63. The molecule has 0 aliphatic heterocycles. The van der Waals surface area contributed by atoms with Crippen molar-refractivity contribution in [1.82, 2.24) is 10.3 Å². The van der Waals surface area contributed by atoms with Crippen LogP contribution >= 0.6 is 0 Å². The van der Waals surface area contributed by atoms with Crippen LogP contribution in [0.25, 0.3) is 11.5 Å². The number of carbonyl (C=O) groups is 2. The quantitative estimate of drug-likeness (QED) is 0.879. The molecule has 0 radical (unpaired) electrons. The average Bonchev–Trinajstić information content (AvgIpc) is 3.14. The standard InChI is InChI=1S/C18H20N2O4/c1-12-15(24-17(19-12)13-7-3-2-4-8-13)16(23)20-18(11-14(21)22)9-5-6-10-18/h2-4,7-8H,5-6,9-11H2,1H3,(H,20,23)(H,21,22). The first kappa shape index (κ1) is 16.2. The number of nitrogens with zero attached hydrogens (tertiary/aromatic N) is 1. The number of aromatic nitrogens is 1. The minimum atomic E-state index is -0.906. The second-order valence-corrected chi connectivity index (χ2v) is 6.31. The number of carboxylic acid groups (broad SMARTS) is 1. The van der Waals surface area contributed by atoms with Gasteiger partial charge in [0.25, 0.3) is 5.91 Å². The van der Waals surface area contributed by atoms with Crippen molar-refractivity contribution in [3.63, 3.8) is 0 Å². The summed E-state index contributed by atoms with van der Waals surface area (Å²) >= 11 is 0. The van der Waals surface area contributed by atoms with Gasteiger partial charge in [0.2, 0.25) is 11.7 Å². The number of carboxylic acids is 1. The zero-order valence-corrected chi connectivity index (χ0v) is 13.5. The van der Waals surface area contributed by atoms with Crippen LogP contribution in [0.15, 0.2) is 34.7 Å². The Morgan fingerprint density at radius 3 is 2.54 bits per heavy atom. The number of oxazole rings is 1. The Kier molecular flexibility index (Phi) is 4.38. The molecule has 0 spiro atoms. The van der Waals surface area contributed by atoms with Gasteiger partial charge in [-0.1, -0.05) is 31.0 Å². The molecule has 1 heterocycles. The van der Waals surface area contributed by atoms with Crippen LogP contribution in [-0.4, -0.2) is 27.5 Å². The van der Waals surface area contributed by atoms with Crippen molar-refractivity contribution in [3.8, 4) is 11.5 Å². The molecule has 6 heteroatoms. The van der Waals surface area contributed by atoms with Crippen LogP contribution in [0, 0.1) is 6.92 Å². The summed E-state index contributed by atoms with van der Waals surface area (Å²) in [6, 6.07) is 9.35. The van der Waals surface area contributed by atoms with Gasteiger partial charge in [0.15, 0.2) is 0 Å². The number of benzene rings is 1. The smallest absolute Gasteiger partial charge is 0.305 e. The minimum Gasteiger partial charge on any atom is -0.481 e. The molecule has 1 saturated carbocycles. The lowest BCUT2D eigenvalue weighted by molar-refractivity contribution is -0.138. The summed E-state index contributed by atoms with van der Waals surface area (Å²) in [5, 5.41) is 12.0. The molecule has 6 nitrogen and oxygen atoms in total. The number of hydrogen-bond acceptors (Lipinski definition) is 4.